The molecule has 0 saturated heterocycles. The van der Waals surface area contributed by atoms with Crippen LogP contribution >= 0.6 is 0 Å². The Morgan fingerprint density at radius 3 is 2.45 bits per heavy atom. The first-order valence-corrected chi connectivity index (χ1v) is 7.34. The van der Waals surface area contributed by atoms with Crippen LogP contribution in [-0.4, -0.2) is 24.5 Å². The molecule has 0 radical (unpaired) electrons. The molecule has 1 atom stereocenters. The van der Waals surface area contributed by atoms with E-state index >= 15 is 0 Å². The van der Waals surface area contributed by atoms with E-state index in [1.165, 1.54) is 0 Å². The summed E-state index contributed by atoms with van der Waals surface area (Å²) in [5.74, 6) is 0.406. The van der Waals surface area contributed by atoms with Crippen LogP contribution < -0.4 is 4.74 Å². The molecule has 0 amide bonds. The minimum absolute atomic E-state index is 0.0308. The molecule has 2 aromatic rings. The number of hydrogen-bond donors (Lipinski definition) is 1. The van der Waals surface area contributed by atoms with Gasteiger partial charge in [0.05, 0.1) is 0 Å². The fourth-order valence-corrected chi connectivity index (χ4v) is 2.49. The highest BCUT2D eigenvalue weighted by molar-refractivity contribution is 5.62. The summed E-state index contributed by atoms with van der Waals surface area (Å²) in [6, 6.07) is 17.2. The molecule has 116 valence electrons. The van der Waals surface area contributed by atoms with Crippen molar-refractivity contribution in [2.75, 3.05) is 13.2 Å². The minimum atomic E-state index is -1.30. The zero-order valence-electron chi connectivity index (χ0n) is 12.6. The summed E-state index contributed by atoms with van der Waals surface area (Å²) < 4.78 is 10.4. The largest absolute Gasteiger partial charge is 0.511 e. The Bertz CT molecular complexity index is 595. The highest BCUT2D eigenvalue weighted by Gasteiger charge is 2.19. The lowest BCUT2D eigenvalue weighted by atomic mass is 9.88. The second kappa shape index (κ2) is 8.20. The predicted molar refractivity (Wildman–Crippen MR) is 84.5 cm³/mol. The van der Waals surface area contributed by atoms with Crippen LogP contribution in [0.1, 0.15) is 30.4 Å². The standard InChI is InChI=1S/C18H20O4/c1-2-21-13-12-15(14-8-4-3-5-9-14)16-10-6-7-11-17(16)22-18(19)20/h3-11,15H,2,12-13H2,1H3,(H,19,20). The SMILES string of the molecule is CCOCCC(c1ccccc1)c1ccccc1OC(=O)O. The summed E-state index contributed by atoms with van der Waals surface area (Å²) in [5, 5.41) is 8.91. The van der Waals surface area contributed by atoms with Gasteiger partial charge in [0.2, 0.25) is 0 Å². The molecule has 0 spiro atoms. The molecular formula is C18H20O4. The maximum Gasteiger partial charge on any atom is 0.511 e. The van der Waals surface area contributed by atoms with Crippen LogP contribution in [0, 0.1) is 0 Å². The topological polar surface area (TPSA) is 55.8 Å². The van der Waals surface area contributed by atoms with Gasteiger partial charge in [0.25, 0.3) is 0 Å². The Hall–Kier alpha value is -2.33. The van der Waals surface area contributed by atoms with Gasteiger partial charge < -0.3 is 14.6 Å². The first kappa shape index (κ1) is 16.0. The average molecular weight is 300 g/mol. The molecule has 2 rings (SSSR count). The van der Waals surface area contributed by atoms with Gasteiger partial charge in [0, 0.05) is 24.7 Å². The smallest absolute Gasteiger partial charge is 0.449 e. The lowest BCUT2D eigenvalue weighted by Crippen LogP contribution is -2.10. The molecule has 22 heavy (non-hydrogen) atoms. The quantitative estimate of drug-likeness (QED) is 0.470. The van der Waals surface area contributed by atoms with Crippen molar-refractivity contribution in [3.05, 3.63) is 65.7 Å². The fourth-order valence-electron chi connectivity index (χ4n) is 2.49. The highest BCUT2D eigenvalue weighted by atomic mass is 16.7. The van der Waals surface area contributed by atoms with E-state index in [2.05, 4.69) is 0 Å². The predicted octanol–water partition coefficient (Wildman–Crippen LogP) is 4.30. The maximum absolute atomic E-state index is 10.9. The van der Waals surface area contributed by atoms with E-state index < -0.39 is 6.16 Å². The molecule has 4 nitrogen and oxygen atoms in total. The van der Waals surface area contributed by atoms with Crippen molar-refractivity contribution in [3.8, 4) is 5.75 Å². The second-order valence-electron chi connectivity index (χ2n) is 4.85. The summed E-state index contributed by atoms with van der Waals surface area (Å²) in [6.45, 7) is 3.23. The monoisotopic (exact) mass is 300 g/mol. The fraction of sp³-hybridized carbons (Fsp3) is 0.278. The van der Waals surface area contributed by atoms with Crippen molar-refractivity contribution >= 4 is 6.16 Å². The van der Waals surface area contributed by atoms with Gasteiger partial charge in [0.1, 0.15) is 5.75 Å². The summed E-state index contributed by atoms with van der Waals surface area (Å²) in [5.41, 5.74) is 1.97. The summed E-state index contributed by atoms with van der Waals surface area (Å²) in [7, 11) is 0. The van der Waals surface area contributed by atoms with E-state index in [0.29, 0.717) is 19.0 Å². The van der Waals surface area contributed by atoms with Crippen molar-refractivity contribution in [2.45, 2.75) is 19.3 Å². The Morgan fingerprint density at radius 1 is 1.09 bits per heavy atom. The number of para-hydroxylation sites is 1. The third-order valence-electron chi connectivity index (χ3n) is 3.45. The van der Waals surface area contributed by atoms with E-state index in [9.17, 15) is 4.79 Å². The van der Waals surface area contributed by atoms with Crippen molar-refractivity contribution in [2.24, 2.45) is 0 Å². The molecule has 0 bridgehead atoms. The highest BCUT2D eigenvalue weighted by Crippen LogP contribution is 2.34. The van der Waals surface area contributed by atoms with Crippen LogP contribution in [0.4, 0.5) is 4.79 Å². The van der Waals surface area contributed by atoms with E-state index in [4.69, 9.17) is 14.6 Å². The lowest BCUT2D eigenvalue weighted by molar-refractivity contribution is 0.139. The van der Waals surface area contributed by atoms with E-state index in [-0.39, 0.29) is 5.92 Å². The van der Waals surface area contributed by atoms with Crippen molar-refractivity contribution in [3.63, 3.8) is 0 Å². The zero-order chi connectivity index (χ0) is 15.8. The number of rotatable bonds is 7. The molecule has 0 saturated carbocycles. The molecule has 0 aliphatic heterocycles. The number of benzene rings is 2. The molecule has 1 unspecified atom stereocenters. The maximum atomic E-state index is 10.9. The molecule has 0 aromatic heterocycles. The molecule has 0 fully saturated rings. The number of hydrogen-bond acceptors (Lipinski definition) is 3. The van der Waals surface area contributed by atoms with Crippen molar-refractivity contribution in [1.82, 2.24) is 0 Å². The third-order valence-corrected chi connectivity index (χ3v) is 3.45. The molecule has 0 aliphatic rings. The molecule has 2 aromatic carbocycles. The van der Waals surface area contributed by atoms with Crippen molar-refractivity contribution < 1.29 is 19.4 Å². The molecule has 0 aliphatic carbocycles. The van der Waals surface area contributed by atoms with Crippen LogP contribution in [0.2, 0.25) is 0 Å². The normalized spacial score (nSPS) is 11.9. The molecule has 0 heterocycles. The zero-order valence-corrected chi connectivity index (χ0v) is 12.6. The van der Waals surface area contributed by atoms with Gasteiger partial charge in [0.15, 0.2) is 0 Å². The van der Waals surface area contributed by atoms with Gasteiger partial charge in [-0.3, -0.25) is 0 Å². The molecular weight excluding hydrogens is 280 g/mol. The summed E-state index contributed by atoms with van der Waals surface area (Å²) in [6.07, 6.45) is -0.540. The van der Waals surface area contributed by atoms with E-state index in [1.54, 1.807) is 12.1 Å². The Kier molecular flexibility index (Phi) is 5.98. The first-order chi connectivity index (χ1) is 10.7. The third kappa shape index (κ3) is 4.33. The Labute approximate surface area is 130 Å². The van der Waals surface area contributed by atoms with Crippen molar-refractivity contribution in [1.29, 1.82) is 0 Å². The Balaban J connectivity index is 2.34. The Morgan fingerprint density at radius 2 is 1.77 bits per heavy atom. The van der Waals surface area contributed by atoms with Crippen LogP contribution in [0.15, 0.2) is 54.6 Å². The minimum Gasteiger partial charge on any atom is -0.449 e. The molecule has 1 N–H and O–H groups in total. The van der Waals surface area contributed by atoms with Gasteiger partial charge in [-0.25, -0.2) is 4.79 Å². The summed E-state index contributed by atoms with van der Waals surface area (Å²) in [4.78, 5) is 10.9. The van der Waals surface area contributed by atoms with E-state index in [0.717, 1.165) is 17.5 Å². The summed E-state index contributed by atoms with van der Waals surface area (Å²) >= 11 is 0. The van der Waals surface area contributed by atoms with Gasteiger partial charge in [-0.2, -0.15) is 0 Å². The van der Waals surface area contributed by atoms with Gasteiger partial charge in [-0.15, -0.1) is 0 Å². The number of ether oxygens (including phenoxy) is 2. The van der Waals surface area contributed by atoms with Crippen LogP contribution in [0.5, 0.6) is 5.75 Å². The number of carboxylic acid groups (broad SMARTS) is 1. The number of carbonyl (C=O) groups is 1. The van der Waals surface area contributed by atoms with Crippen LogP contribution in [-0.2, 0) is 4.74 Å². The van der Waals surface area contributed by atoms with Gasteiger partial charge >= 0.3 is 6.16 Å². The van der Waals surface area contributed by atoms with Gasteiger partial charge in [-0.05, 0) is 25.0 Å². The van der Waals surface area contributed by atoms with Crippen LogP contribution in [0.25, 0.3) is 0 Å². The first-order valence-electron chi connectivity index (χ1n) is 7.34. The van der Waals surface area contributed by atoms with Gasteiger partial charge in [-0.1, -0.05) is 48.5 Å². The van der Waals surface area contributed by atoms with Crippen LogP contribution in [0.3, 0.4) is 0 Å². The second-order valence-corrected chi connectivity index (χ2v) is 4.85. The molecule has 4 heteroatoms. The lowest BCUT2D eigenvalue weighted by Gasteiger charge is -2.20. The van der Waals surface area contributed by atoms with E-state index in [1.807, 2.05) is 49.4 Å². The average Bonchev–Trinajstić information content (AvgIpc) is 2.53.